The van der Waals surface area contributed by atoms with Gasteiger partial charge in [-0.1, -0.05) is 27.2 Å². The van der Waals surface area contributed by atoms with E-state index in [1.165, 1.54) is 12.8 Å². The van der Waals surface area contributed by atoms with E-state index in [4.69, 9.17) is 9.84 Å². The lowest BCUT2D eigenvalue weighted by Gasteiger charge is -2.12. The van der Waals surface area contributed by atoms with Crippen LogP contribution in [0.4, 0.5) is 0 Å². The lowest BCUT2D eigenvalue weighted by molar-refractivity contribution is 0.0685. The first-order chi connectivity index (χ1) is 5.66. The zero-order valence-electron chi connectivity index (χ0n) is 8.55. The highest BCUT2D eigenvalue weighted by molar-refractivity contribution is 4.54. The Labute approximate surface area is 75.9 Å². The van der Waals surface area contributed by atoms with E-state index in [9.17, 15) is 0 Å². The second kappa shape index (κ2) is 7.56. The number of hydrogen-bond acceptors (Lipinski definition) is 2. The van der Waals surface area contributed by atoms with Gasteiger partial charge in [-0.3, -0.25) is 0 Å². The summed E-state index contributed by atoms with van der Waals surface area (Å²) in [7, 11) is 0. The molecule has 0 heterocycles. The Balaban J connectivity index is 3.15. The Hall–Kier alpha value is -0.0800. The minimum absolute atomic E-state index is 0.136. The van der Waals surface area contributed by atoms with Gasteiger partial charge < -0.3 is 9.84 Å². The van der Waals surface area contributed by atoms with Gasteiger partial charge in [0.05, 0.1) is 13.2 Å². The molecule has 0 aliphatic heterocycles. The van der Waals surface area contributed by atoms with E-state index in [1.54, 1.807) is 0 Å². The van der Waals surface area contributed by atoms with Crippen LogP contribution in [0.25, 0.3) is 0 Å². The highest BCUT2D eigenvalue weighted by Crippen LogP contribution is 2.11. The molecule has 0 amide bonds. The number of hydrogen-bond donors (Lipinski definition) is 1. The van der Waals surface area contributed by atoms with Crippen LogP contribution in [0.1, 0.15) is 33.6 Å². The largest absolute Gasteiger partial charge is 0.394 e. The third kappa shape index (κ3) is 8.02. The molecule has 1 N–H and O–H groups in total. The van der Waals surface area contributed by atoms with E-state index in [-0.39, 0.29) is 6.61 Å². The van der Waals surface area contributed by atoms with Crippen LogP contribution < -0.4 is 0 Å². The zero-order valence-corrected chi connectivity index (χ0v) is 8.55. The van der Waals surface area contributed by atoms with Crippen molar-refractivity contribution < 1.29 is 9.84 Å². The predicted octanol–water partition coefficient (Wildman–Crippen LogP) is 2.07. The Morgan fingerprint density at radius 1 is 1.17 bits per heavy atom. The van der Waals surface area contributed by atoms with Crippen LogP contribution in [-0.4, -0.2) is 24.9 Å². The van der Waals surface area contributed by atoms with Crippen LogP contribution in [0.15, 0.2) is 0 Å². The molecule has 74 valence electrons. The van der Waals surface area contributed by atoms with Crippen molar-refractivity contribution in [2.45, 2.75) is 33.6 Å². The molecule has 0 aromatic heterocycles. The summed E-state index contributed by atoms with van der Waals surface area (Å²) in [4.78, 5) is 0. The van der Waals surface area contributed by atoms with E-state index in [2.05, 4.69) is 20.8 Å². The first-order valence-corrected chi connectivity index (χ1v) is 4.85. The Morgan fingerprint density at radius 3 is 2.33 bits per heavy atom. The maximum Gasteiger partial charge on any atom is 0.0697 e. The van der Waals surface area contributed by atoms with E-state index in [0.717, 1.165) is 12.5 Å². The fraction of sp³-hybridized carbons (Fsp3) is 1.00. The van der Waals surface area contributed by atoms with Crippen LogP contribution in [0, 0.1) is 11.8 Å². The maximum absolute atomic E-state index is 8.47. The zero-order chi connectivity index (χ0) is 9.40. The first-order valence-electron chi connectivity index (χ1n) is 4.85. The lowest BCUT2D eigenvalue weighted by Crippen LogP contribution is -2.09. The van der Waals surface area contributed by atoms with Gasteiger partial charge in [0.15, 0.2) is 0 Å². The molecule has 2 heteroatoms. The molecule has 0 fully saturated rings. The van der Waals surface area contributed by atoms with Crippen LogP contribution in [0.2, 0.25) is 0 Å². The average Bonchev–Trinajstić information content (AvgIpc) is 2.01. The molecule has 0 radical (unpaired) electrons. The fourth-order valence-corrected chi connectivity index (χ4v) is 1.05. The highest BCUT2D eigenvalue weighted by atomic mass is 16.5. The van der Waals surface area contributed by atoms with Crippen molar-refractivity contribution in [1.29, 1.82) is 0 Å². The van der Waals surface area contributed by atoms with Crippen LogP contribution in [0.5, 0.6) is 0 Å². The van der Waals surface area contributed by atoms with Gasteiger partial charge in [-0.15, -0.1) is 0 Å². The van der Waals surface area contributed by atoms with Crippen molar-refractivity contribution in [2.75, 3.05) is 19.8 Å². The summed E-state index contributed by atoms with van der Waals surface area (Å²) in [5.41, 5.74) is 0. The molecular weight excluding hydrogens is 152 g/mol. The molecule has 0 aromatic carbocycles. The van der Waals surface area contributed by atoms with Gasteiger partial charge in [0.1, 0.15) is 0 Å². The van der Waals surface area contributed by atoms with Crippen molar-refractivity contribution in [2.24, 2.45) is 11.8 Å². The molecule has 0 aromatic rings. The van der Waals surface area contributed by atoms with Crippen molar-refractivity contribution in [3.8, 4) is 0 Å². The summed E-state index contributed by atoms with van der Waals surface area (Å²) in [6.45, 7) is 8.07. The minimum Gasteiger partial charge on any atom is -0.394 e. The van der Waals surface area contributed by atoms with E-state index in [0.29, 0.717) is 12.5 Å². The summed E-state index contributed by atoms with van der Waals surface area (Å²) in [6.07, 6.45) is 2.49. The summed E-state index contributed by atoms with van der Waals surface area (Å²) in [5.74, 6) is 1.41. The molecule has 12 heavy (non-hydrogen) atoms. The number of aliphatic hydroxyl groups is 1. The van der Waals surface area contributed by atoms with E-state index < -0.39 is 0 Å². The van der Waals surface area contributed by atoms with Gasteiger partial charge in [0.2, 0.25) is 0 Å². The number of rotatable bonds is 7. The Bertz CT molecular complexity index is 91.8. The molecule has 2 nitrogen and oxygen atoms in total. The average molecular weight is 174 g/mol. The fourth-order valence-electron chi connectivity index (χ4n) is 1.05. The minimum atomic E-state index is 0.136. The van der Waals surface area contributed by atoms with Crippen molar-refractivity contribution in [1.82, 2.24) is 0 Å². The topological polar surface area (TPSA) is 29.5 Å². The number of aliphatic hydroxyl groups excluding tert-OH is 1. The molecule has 0 rings (SSSR count). The number of ether oxygens (including phenoxy) is 1. The molecule has 0 aliphatic rings. The Morgan fingerprint density at radius 2 is 1.83 bits per heavy atom. The van der Waals surface area contributed by atoms with Gasteiger partial charge in [-0.2, -0.15) is 0 Å². The van der Waals surface area contributed by atoms with Crippen LogP contribution in [-0.2, 0) is 4.74 Å². The normalized spacial score (nSPS) is 13.8. The third-order valence-electron chi connectivity index (χ3n) is 1.87. The SMILES string of the molecule is CC(C)CCC(C)COCCO. The smallest absolute Gasteiger partial charge is 0.0697 e. The molecule has 0 bridgehead atoms. The highest BCUT2D eigenvalue weighted by Gasteiger charge is 2.03. The monoisotopic (exact) mass is 174 g/mol. The molecule has 1 atom stereocenters. The Kier molecular flexibility index (Phi) is 7.51. The standard InChI is InChI=1S/C10H22O2/c1-9(2)4-5-10(3)8-12-7-6-11/h9-11H,4-8H2,1-3H3. The molecular formula is C10H22O2. The van der Waals surface area contributed by atoms with Crippen molar-refractivity contribution in [3.05, 3.63) is 0 Å². The van der Waals surface area contributed by atoms with E-state index in [1.807, 2.05) is 0 Å². The summed E-state index contributed by atoms with van der Waals surface area (Å²) < 4.78 is 5.23. The first kappa shape index (κ1) is 11.9. The second-order valence-corrected chi connectivity index (χ2v) is 3.87. The summed E-state index contributed by atoms with van der Waals surface area (Å²) in [6, 6.07) is 0. The van der Waals surface area contributed by atoms with Gasteiger partial charge >= 0.3 is 0 Å². The molecule has 0 spiro atoms. The maximum atomic E-state index is 8.47. The summed E-state index contributed by atoms with van der Waals surface area (Å²) >= 11 is 0. The van der Waals surface area contributed by atoms with Gasteiger partial charge in [0.25, 0.3) is 0 Å². The molecule has 1 unspecified atom stereocenters. The lowest BCUT2D eigenvalue weighted by atomic mass is 10.0. The molecule has 0 aliphatic carbocycles. The van der Waals surface area contributed by atoms with Crippen LogP contribution in [0.3, 0.4) is 0 Å². The molecule has 0 saturated heterocycles. The van der Waals surface area contributed by atoms with Crippen molar-refractivity contribution in [3.63, 3.8) is 0 Å². The summed E-state index contributed by atoms with van der Waals surface area (Å²) in [5, 5.41) is 8.47. The van der Waals surface area contributed by atoms with Gasteiger partial charge in [0, 0.05) is 6.61 Å². The molecule has 0 saturated carbocycles. The van der Waals surface area contributed by atoms with Gasteiger partial charge in [-0.05, 0) is 18.3 Å². The third-order valence-corrected chi connectivity index (χ3v) is 1.87. The van der Waals surface area contributed by atoms with Crippen LogP contribution >= 0.6 is 0 Å². The second-order valence-electron chi connectivity index (χ2n) is 3.87. The van der Waals surface area contributed by atoms with Gasteiger partial charge in [-0.25, -0.2) is 0 Å². The quantitative estimate of drug-likeness (QED) is 0.599. The van der Waals surface area contributed by atoms with Crippen molar-refractivity contribution >= 4 is 0 Å². The predicted molar refractivity (Wildman–Crippen MR) is 51.1 cm³/mol. The van der Waals surface area contributed by atoms with E-state index >= 15 is 0 Å².